The molecule has 0 bridgehead atoms. The Bertz CT molecular complexity index is 169. The van der Waals surface area contributed by atoms with Crippen LogP contribution in [-0.2, 0) is 4.74 Å². The van der Waals surface area contributed by atoms with E-state index in [0.29, 0.717) is 12.1 Å². The lowest BCUT2D eigenvalue weighted by Crippen LogP contribution is -2.43. The second kappa shape index (κ2) is 8.04. The van der Waals surface area contributed by atoms with Crippen LogP contribution in [0.3, 0.4) is 0 Å². The number of nitrogens with zero attached hydrogens (tertiary/aromatic N) is 1. The highest BCUT2D eigenvalue weighted by Crippen LogP contribution is 2.13. The highest BCUT2D eigenvalue weighted by atomic mass is 16.5. The van der Waals surface area contributed by atoms with Crippen LogP contribution in [0.15, 0.2) is 0 Å². The Kier molecular flexibility index (Phi) is 7.01. The summed E-state index contributed by atoms with van der Waals surface area (Å²) in [6.07, 6.45) is 4.18. The molecule has 2 unspecified atom stereocenters. The van der Waals surface area contributed by atoms with Gasteiger partial charge in [-0.1, -0.05) is 20.8 Å². The molecule has 1 saturated heterocycles. The lowest BCUT2D eigenvalue weighted by molar-refractivity contribution is 0.0714. The molecule has 0 radical (unpaired) electrons. The molecule has 1 aliphatic heterocycles. The van der Waals surface area contributed by atoms with Gasteiger partial charge < -0.3 is 10.1 Å². The highest BCUT2D eigenvalue weighted by molar-refractivity contribution is 4.74. The molecule has 0 saturated carbocycles. The predicted octanol–water partition coefficient (Wildman–Crippen LogP) is 1.88. The van der Waals surface area contributed by atoms with Crippen molar-refractivity contribution < 1.29 is 4.74 Å². The summed E-state index contributed by atoms with van der Waals surface area (Å²) in [7, 11) is 0. The fourth-order valence-corrected chi connectivity index (χ4v) is 2.35. The molecule has 96 valence electrons. The molecule has 3 nitrogen and oxygen atoms in total. The van der Waals surface area contributed by atoms with Crippen molar-refractivity contribution in [2.75, 3.05) is 32.8 Å². The van der Waals surface area contributed by atoms with Crippen molar-refractivity contribution in [2.24, 2.45) is 0 Å². The molecular weight excluding hydrogens is 200 g/mol. The second-order valence-electron chi connectivity index (χ2n) is 4.65. The Balaban J connectivity index is 2.28. The normalized spacial score (nSPS) is 22.9. The fraction of sp³-hybridized carbons (Fsp3) is 1.00. The van der Waals surface area contributed by atoms with Gasteiger partial charge in [0, 0.05) is 25.7 Å². The Morgan fingerprint density at radius 3 is 2.69 bits per heavy atom. The zero-order valence-electron chi connectivity index (χ0n) is 11.2. The van der Waals surface area contributed by atoms with E-state index in [9.17, 15) is 0 Å². The van der Waals surface area contributed by atoms with Crippen LogP contribution in [0.1, 0.15) is 40.0 Å². The van der Waals surface area contributed by atoms with Gasteiger partial charge in [0.2, 0.25) is 0 Å². The van der Waals surface area contributed by atoms with Crippen molar-refractivity contribution in [1.29, 1.82) is 0 Å². The van der Waals surface area contributed by atoms with Gasteiger partial charge in [0.05, 0.1) is 6.10 Å². The molecule has 0 aromatic carbocycles. The maximum atomic E-state index is 5.70. The van der Waals surface area contributed by atoms with Crippen LogP contribution in [0, 0.1) is 0 Å². The van der Waals surface area contributed by atoms with Crippen molar-refractivity contribution in [2.45, 2.75) is 52.2 Å². The lowest BCUT2D eigenvalue weighted by Gasteiger charge is -2.28. The summed E-state index contributed by atoms with van der Waals surface area (Å²) in [5, 5.41) is 3.54. The molecule has 1 heterocycles. The predicted molar refractivity (Wildman–Crippen MR) is 68.8 cm³/mol. The van der Waals surface area contributed by atoms with E-state index in [-0.39, 0.29) is 0 Å². The van der Waals surface area contributed by atoms with Crippen molar-refractivity contribution >= 4 is 0 Å². The van der Waals surface area contributed by atoms with Crippen molar-refractivity contribution in [3.8, 4) is 0 Å². The highest BCUT2D eigenvalue weighted by Gasteiger charge is 2.19. The van der Waals surface area contributed by atoms with Crippen molar-refractivity contribution in [3.05, 3.63) is 0 Å². The Morgan fingerprint density at radius 1 is 1.38 bits per heavy atom. The van der Waals surface area contributed by atoms with Crippen LogP contribution in [0.4, 0.5) is 0 Å². The van der Waals surface area contributed by atoms with Crippen LogP contribution >= 0.6 is 0 Å². The third-order valence-corrected chi connectivity index (χ3v) is 3.40. The van der Waals surface area contributed by atoms with Crippen LogP contribution in [0.25, 0.3) is 0 Å². The number of nitrogens with one attached hydrogen (secondary N) is 1. The molecule has 2 atom stereocenters. The summed E-state index contributed by atoms with van der Waals surface area (Å²) < 4.78 is 5.70. The summed E-state index contributed by atoms with van der Waals surface area (Å²) >= 11 is 0. The Hall–Kier alpha value is -0.120. The quantitative estimate of drug-likeness (QED) is 0.686. The van der Waals surface area contributed by atoms with Crippen molar-refractivity contribution in [1.82, 2.24) is 10.2 Å². The van der Waals surface area contributed by atoms with Gasteiger partial charge in [0.1, 0.15) is 0 Å². The van der Waals surface area contributed by atoms with E-state index in [1.165, 1.54) is 19.3 Å². The summed E-state index contributed by atoms with van der Waals surface area (Å²) in [6, 6.07) is 0.631. The SMILES string of the molecule is CCNC(CC)CN(CC)CC1CCCO1. The molecule has 16 heavy (non-hydrogen) atoms. The molecule has 0 spiro atoms. The standard InChI is InChI=1S/C13H28N2O/c1-4-12(14-5-2)10-15(6-3)11-13-8-7-9-16-13/h12-14H,4-11H2,1-3H3. The average molecular weight is 228 g/mol. The first kappa shape index (κ1) is 13.9. The van der Waals surface area contributed by atoms with Crippen LogP contribution in [0.5, 0.6) is 0 Å². The number of likely N-dealkylation sites (N-methyl/N-ethyl adjacent to an activating group) is 2. The molecule has 0 amide bonds. The first-order valence-corrected chi connectivity index (χ1v) is 6.87. The Morgan fingerprint density at radius 2 is 2.19 bits per heavy atom. The van der Waals surface area contributed by atoms with Gasteiger partial charge in [0.25, 0.3) is 0 Å². The van der Waals surface area contributed by atoms with Crippen LogP contribution < -0.4 is 5.32 Å². The smallest absolute Gasteiger partial charge is 0.0702 e. The first-order chi connectivity index (χ1) is 7.80. The molecule has 0 aromatic heterocycles. The third kappa shape index (κ3) is 4.81. The number of rotatable bonds is 8. The zero-order valence-corrected chi connectivity index (χ0v) is 11.2. The molecule has 0 aliphatic carbocycles. The van der Waals surface area contributed by atoms with Gasteiger partial charge in [0.15, 0.2) is 0 Å². The van der Waals surface area contributed by atoms with Gasteiger partial charge in [-0.25, -0.2) is 0 Å². The summed E-state index contributed by atoms with van der Waals surface area (Å²) in [4.78, 5) is 2.52. The third-order valence-electron chi connectivity index (χ3n) is 3.40. The van der Waals surface area contributed by atoms with E-state index in [0.717, 1.165) is 32.8 Å². The Labute approximate surface area is 101 Å². The molecular formula is C13H28N2O. The van der Waals surface area contributed by atoms with E-state index in [1.54, 1.807) is 0 Å². The summed E-state index contributed by atoms with van der Waals surface area (Å²) in [5.74, 6) is 0. The lowest BCUT2D eigenvalue weighted by atomic mass is 10.2. The molecule has 1 rings (SSSR count). The number of hydrogen-bond donors (Lipinski definition) is 1. The maximum absolute atomic E-state index is 5.70. The summed E-state index contributed by atoms with van der Waals surface area (Å²) in [5.41, 5.74) is 0. The van der Waals surface area contributed by atoms with Gasteiger partial charge in [-0.15, -0.1) is 0 Å². The minimum Gasteiger partial charge on any atom is -0.377 e. The molecule has 1 fully saturated rings. The maximum Gasteiger partial charge on any atom is 0.0702 e. The average Bonchev–Trinajstić information content (AvgIpc) is 2.80. The first-order valence-electron chi connectivity index (χ1n) is 6.87. The van der Waals surface area contributed by atoms with Crippen LogP contribution in [0.2, 0.25) is 0 Å². The fourth-order valence-electron chi connectivity index (χ4n) is 2.35. The minimum atomic E-state index is 0.485. The van der Waals surface area contributed by atoms with E-state index in [1.807, 2.05) is 0 Å². The second-order valence-corrected chi connectivity index (χ2v) is 4.65. The topological polar surface area (TPSA) is 24.5 Å². The van der Waals surface area contributed by atoms with Crippen LogP contribution in [-0.4, -0.2) is 49.8 Å². The molecule has 0 aromatic rings. The zero-order chi connectivity index (χ0) is 11.8. The van der Waals surface area contributed by atoms with Gasteiger partial charge in [-0.05, 0) is 32.4 Å². The largest absolute Gasteiger partial charge is 0.377 e. The van der Waals surface area contributed by atoms with E-state index < -0.39 is 0 Å². The van der Waals surface area contributed by atoms with Crippen molar-refractivity contribution in [3.63, 3.8) is 0 Å². The van der Waals surface area contributed by atoms with E-state index >= 15 is 0 Å². The van der Waals surface area contributed by atoms with Gasteiger partial charge >= 0.3 is 0 Å². The number of hydrogen-bond acceptors (Lipinski definition) is 3. The summed E-state index contributed by atoms with van der Waals surface area (Å²) in [6.45, 7) is 12.1. The minimum absolute atomic E-state index is 0.485. The molecule has 3 heteroatoms. The van der Waals surface area contributed by atoms with Gasteiger partial charge in [-0.3, -0.25) is 4.90 Å². The van der Waals surface area contributed by atoms with Gasteiger partial charge in [-0.2, -0.15) is 0 Å². The number of ether oxygens (including phenoxy) is 1. The molecule has 1 aliphatic rings. The van der Waals surface area contributed by atoms with E-state index in [2.05, 4.69) is 31.0 Å². The monoisotopic (exact) mass is 228 g/mol. The van der Waals surface area contributed by atoms with E-state index in [4.69, 9.17) is 4.74 Å². The molecule has 1 N–H and O–H groups in total.